The van der Waals surface area contributed by atoms with Crippen molar-refractivity contribution < 1.29 is 5.11 Å². The number of halogens is 3. The summed E-state index contributed by atoms with van der Waals surface area (Å²) >= 11 is 17.0. The second-order valence-corrected chi connectivity index (χ2v) is 6.17. The Bertz CT molecular complexity index is 507. The predicted molar refractivity (Wildman–Crippen MR) is 77.1 cm³/mol. The zero-order chi connectivity index (χ0) is 12.4. The second kappa shape index (κ2) is 5.72. The Kier molecular flexibility index (Phi) is 4.50. The van der Waals surface area contributed by atoms with Crippen LogP contribution in [-0.2, 0) is 6.42 Å². The van der Waals surface area contributed by atoms with Crippen LogP contribution in [0.1, 0.15) is 16.5 Å². The number of aliphatic hydroxyl groups excluding tert-OH is 1. The summed E-state index contributed by atoms with van der Waals surface area (Å²) in [5, 5.41) is 13.3. The standard InChI is InChI=1S/C12H9BrCl2OS/c13-8-4-5-17-12(8)11(16)6-7-9(14)2-1-3-10(7)15/h1-5,11,16H,6H2. The fourth-order valence-electron chi connectivity index (χ4n) is 1.56. The van der Waals surface area contributed by atoms with E-state index in [1.807, 2.05) is 11.4 Å². The molecule has 0 saturated heterocycles. The topological polar surface area (TPSA) is 20.2 Å². The van der Waals surface area contributed by atoms with Crippen LogP contribution >= 0.6 is 50.5 Å². The smallest absolute Gasteiger partial charge is 0.0934 e. The van der Waals surface area contributed by atoms with Crippen molar-refractivity contribution in [2.45, 2.75) is 12.5 Å². The average molecular weight is 352 g/mol. The highest BCUT2D eigenvalue weighted by Gasteiger charge is 2.16. The van der Waals surface area contributed by atoms with Crippen LogP contribution in [-0.4, -0.2) is 5.11 Å². The molecule has 90 valence electrons. The molecular weight excluding hydrogens is 343 g/mol. The molecule has 17 heavy (non-hydrogen) atoms. The molecule has 1 heterocycles. The van der Waals surface area contributed by atoms with E-state index in [0.29, 0.717) is 16.5 Å². The van der Waals surface area contributed by atoms with E-state index in [1.54, 1.807) is 18.2 Å². The average Bonchev–Trinajstić information content (AvgIpc) is 2.70. The van der Waals surface area contributed by atoms with Crippen molar-refractivity contribution >= 4 is 50.5 Å². The van der Waals surface area contributed by atoms with Gasteiger partial charge in [0.1, 0.15) is 0 Å². The van der Waals surface area contributed by atoms with E-state index in [4.69, 9.17) is 23.2 Å². The van der Waals surface area contributed by atoms with Crippen LogP contribution < -0.4 is 0 Å². The number of hydrogen-bond donors (Lipinski definition) is 1. The van der Waals surface area contributed by atoms with E-state index in [-0.39, 0.29) is 0 Å². The molecule has 1 aromatic carbocycles. The van der Waals surface area contributed by atoms with Gasteiger partial charge in [-0.05, 0) is 45.1 Å². The van der Waals surface area contributed by atoms with Crippen LogP contribution in [0.25, 0.3) is 0 Å². The maximum absolute atomic E-state index is 10.2. The summed E-state index contributed by atoms with van der Waals surface area (Å²) in [6.07, 6.45) is -0.181. The molecule has 0 spiro atoms. The first-order valence-electron chi connectivity index (χ1n) is 4.93. The first-order chi connectivity index (χ1) is 8.09. The molecule has 2 rings (SSSR count). The van der Waals surface area contributed by atoms with Gasteiger partial charge in [0.05, 0.1) is 6.10 Å². The lowest BCUT2D eigenvalue weighted by molar-refractivity contribution is 0.181. The first-order valence-corrected chi connectivity index (χ1v) is 7.36. The van der Waals surface area contributed by atoms with Gasteiger partial charge >= 0.3 is 0 Å². The van der Waals surface area contributed by atoms with Crippen LogP contribution in [0, 0.1) is 0 Å². The molecule has 0 fully saturated rings. The highest BCUT2D eigenvalue weighted by molar-refractivity contribution is 9.10. The lowest BCUT2D eigenvalue weighted by atomic mass is 10.1. The fraction of sp³-hybridized carbons (Fsp3) is 0.167. The summed E-state index contributed by atoms with van der Waals surface area (Å²) in [7, 11) is 0. The van der Waals surface area contributed by atoms with Crippen LogP contribution in [0.3, 0.4) is 0 Å². The van der Waals surface area contributed by atoms with Crippen molar-refractivity contribution in [3.05, 3.63) is 54.6 Å². The van der Waals surface area contributed by atoms with Crippen molar-refractivity contribution in [2.24, 2.45) is 0 Å². The number of benzene rings is 1. The Labute approximate surface area is 122 Å². The van der Waals surface area contributed by atoms with Crippen LogP contribution in [0.4, 0.5) is 0 Å². The van der Waals surface area contributed by atoms with Crippen LogP contribution in [0.2, 0.25) is 10.0 Å². The molecular formula is C12H9BrCl2OS. The van der Waals surface area contributed by atoms with Crippen LogP contribution in [0.15, 0.2) is 34.1 Å². The largest absolute Gasteiger partial charge is 0.387 e. The highest BCUT2D eigenvalue weighted by atomic mass is 79.9. The van der Waals surface area contributed by atoms with Crippen molar-refractivity contribution in [3.8, 4) is 0 Å². The van der Waals surface area contributed by atoms with Gasteiger partial charge in [-0.15, -0.1) is 11.3 Å². The van der Waals surface area contributed by atoms with Gasteiger partial charge in [0, 0.05) is 25.8 Å². The Morgan fingerprint density at radius 2 is 1.88 bits per heavy atom. The number of aliphatic hydroxyl groups is 1. The summed E-state index contributed by atoms with van der Waals surface area (Å²) in [6.45, 7) is 0. The fourth-order valence-corrected chi connectivity index (χ4v) is 3.73. The molecule has 1 nitrogen and oxygen atoms in total. The molecule has 1 aromatic heterocycles. The monoisotopic (exact) mass is 350 g/mol. The molecule has 0 aliphatic carbocycles. The molecule has 1 N–H and O–H groups in total. The third-order valence-electron chi connectivity index (χ3n) is 2.41. The normalized spacial score (nSPS) is 12.7. The van der Waals surface area contributed by atoms with E-state index in [1.165, 1.54) is 11.3 Å². The summed E-state index contributed by atoms with van der Waals surface area (Å²) < 4.78 is 0.915. The number of hydrogen-bond acceptors (Lipinski definition) is 2. The Morgan fingerprint density at radius 3 is 2.41 bits per heavy atom. The third-order valence-corrected chi connectivity index (χ3v) is 5.09. The quantitative estimate of drug-likeness (QED) is 0.816. The minimum absolute atomic E-state index is 0.414. The molecule has 0 radical (unpaired) electrons. The molecule has 1 atom stereocenters. The lowest BCUT2D eigenvalue weighted by Crippen LogP contribution is -2.01. The number of rotatable bonds is 3. The summed E-state index contributed by atoms with van der Waals surface area (Å²) in [6, 6.07) is 7.26. The predicted octanol–water partition coefficient (Wildman–Crippen LogP) is 5.09. The summed E-state index contributed by atoms with van der Waals surface area (Å²) in [5.41, 5.74) is 0.781. The second-order valence-electron chi connectivity index (χ2n) is 3.55. The van der Waals surface area contributed by atoms with Crippen LogP contribution in [0.5, 0.6) is 0 Å². The maximum Gasteiger partial charge on any atom is 0.0934 e. The molecule has 2 aromatic rings. The van der Waals surface area contributed by atoms with E-state index in [0.717, 1.165) is 14.9 Å². The Morgan fingerprint density at radius 1 is 1.24 bits per heavy atom. The SMILES string of the molecule is OC(Cc1c(Cl)cccc1Cl)c1sccc1Br. The van der Waals surface area contributed by atoms with E-state index in [9.17, 15) is 5.11 Å². The van der Waals surface area contributed by atoms with Gasteiger partial charge in [0.2, 0.25) is 0 Å². The van der Waals surface area contributed by atoms with Gasteiger partial charge in [-0.1, -0.05) is 29.3 Å². The lowest BCUT2D eigenvalue weighted by Gasteiger charge is -2.12. The number of thiophene rings is 1. The molecule has 0 amide bonds. The Balaban J connectivity index is 2.25. The molecule has 0 aliphatic heterocycles. The van der Waals surface area contributed by atoms with Gasteiger partial charge in [-0.2, -0.15) is 0 Å². The minimum atomic E-state index is -0.596. The van der Waals surface area contributed by atoms with Gasteiger partial charge in [-0.25, -0.2) is 0 Å². The van der Waals surface area contributed by atoms with Crippen molar-refractivity contribution in [1.29, 1.82) is 0 Å². The van der Waals surface area contributed by atoms with E-state index in [2.05, 4.69) is 15.9 Å². The van der Waals surface area contributed by atoms with E-state index < -0.39 is 6.10 Å². The zero-order valence-corrected chi connectivity index (χ0v) is 12.6. The molecule has 0 aliphatic rings. The first kappa shape index (κ1) is 13.4. The molecule has 5 heteroatoms. The zero-order valence-electron chi connectivity index (χ0n) is 8.66. The molecule has 0 saturated carbocycles. The molecule has 0 bridgehead atoms. The van der Waals surface area contributed by atoms with Gasteiger partial charge in [0.15, 0.2) is 0 Å². The third kappa shape index (κ3) is 3.04. The van der Waals surface area contributed by atoms with Crippen molar-refractivity contribution in [2.75, 3.05) is 0 Å². The summed E-state index contributed by atoms with van der Waals surface area (Å²) in [5.74, 6) is 0. The van der Waals surface area contributed by atoms with Gasteiger partial charge in [-0.3, -0.25) is 0 Å². The Hall–Kier alpha value is -0.0600. The van der Waals surface area contributed by atoms with Gasteiger partial charge < -0.3 is 5.11 Å². The molecule has 1 unspecified atom stereocenters. The van der Waals surface area contributed by atoms with Crippen molar-refractivity contribution in [3.63, 3.8) is 0 Å². The van der Waals surface area contributed by atoms with Crippen molar-refractivity contribution in [1.82, 2.24) is 0 Å². The highest BCUT2D eigenvalue weighted by Crippen LogP contribution is 2.34. The summed E-state index contributed by atoms with van der Waals surface area (Å²) in [4.78, 5) is 0.890. The maximum atomic E-state index is 10.2. The van der Waals surface area contributed by atoms with E-state index >= 15 is 0 Å². The van der Waals surface area contributed by atoms with Gasteiger partial charge in [0.25, 0.3) is 0 Å². The minimum Gasteiger partial charge on any atom is -0.387 e.